The molecule has 0 aliphatic heterocycles. The van der Waals surface area contributed by atoms with Crippen molar-refractivity contribution in [2.24, 2.45) is 23.3 Å². The zero-order chi connectivity index (χ0) is 22.2. The predicted molar refractivity (Wildman–Crippen MR) is 126 cm³/mol. The molecule has 2 saturated carbocycles. The molecule has 0 saturated heterocycles. The number of hydrogen-bond acceptors (Lipinski definition) is 5. The first kappa shape index (κ1) is 20.5. The quantitative estimate of drug-likeness (QED) is 0.499. The lowest BCUT2D eigenvalue weighted by Crippen LogP contribution is -2.30. The molecule has 1 heterocycles. The van der Waals surface area contributed by atoms with E-state index in [2.05, 4.69) is 5.32 Å². The molecule has 1 amide bonds. The standard InChI is InChI=1S/C25H27N5O2/c26-13-18(14-27)24(31)28-19-11-9-15(10-12-19)22-20-3-1-2-4-21(20)25(32)30(29-22)23(16-5-6-16)17-7-8-17/h1-4,9-13,16-17,23H,5-8,14,26-27H2,(H,28,31)/b18-13+. The van der Waals surface area contributed by atoms with Crippen molar-refractivity contribution >= 4 is 22.4 Å². The number of nitrogens with zero attached hydrogens (tertiary/aromatic N) is 2. The van der Waals surface area contributed by atoms with E-state index < -0.39 is 0 Å². The molecule has 0 bridgehead atoms. The Balaban J connectivity index is 1.54. The number of carbonyl (C=O) groups is 1. The molecule has 5 N–H and O–H groups in total. The lowest BCUT2D eigenvalue weighted by atomic mass is 10.0. The fraction of sp³-hybridized carbons (Fsp3) is 0.320. The minimum absolute atomic E-state index is 0.0000748. The lowest BCUT2D eigenvalue weighted by Gasteiger charge is -2.20. The molecule has 0 atom stereocenters. The molecule has 2 aromatic carbocycles. The number of benzene rings is 2. The van der Waals surface area contributed by atoms with E-state index in [9.17, 15) is 9.59 Å². The summed E-state index contributed by atoms with van der Waals surface area (Å²) < 4.78 is 1.77. The number of hydrogen-bond donors (Lipinski definition) is 3. The van der Waals surface area contributed by atoms with Gasteiger partial charge in [0.15, 0.2) is 0 Å². The number of nitrogens with one attached hydrogen (secondary N) is 1. The van der Waals surface area contributed by atoms with E-state index in [0.29, 0.717) is 28.5 Å². The Labute approximate surface area is 186 Å². The fourth-order valence-corrected chi connectivity index (χ4v) is 4.44. The van der Waals surface area contributed by atoms with Gasteiger partial charge in [0.1, 0.15) is 0 Å². The maximum absolute atomic E-state index is 13.3. The zero-order valence-corrected chi connectivity index (χ0v) is 17.8. The SMILES string of the molecule is N/C=C(\CN)C(=O)Nc1ccc(-c2nn(C(C3CC3)C3CC3)c(=O)c3ccccc23)cc1. The van der Waals surface area contributed by atoms with E-state index in [1.165, 1.54) is 31.9 Å². The minimum Gasteiger partial charge on any atom is -0.404 e. The zero-order valence-electron chi connectivity index (χ0n) is 17.8. The normalized spacial score (nSPS) is 16.5. The first-order valence-electron chi connectivity index (χ1n) is 11.1. The Hall–Kier alpha value is -3.45. The molecular formula is C25H27N5O2. The monoisotopic (exact) mass is 429 g/mol. The van der Waals surface area contributed by atoms with Crippen LogP contribution < -0.4 is 22.3 Å². The molecule has 0 unspecified atom stereocenters. The fourth-order valence-electron chi connectivity index (χ4n) is 4.44. The number of aromatic nitrogens is 2. The maximum Gasteiger partial charge on any atom is 0.274 e. The van der Waals surface area contributed by atoms with Crippen molar-refractivity contribution in [3.63, 3.8) is 0 Å². The number of amides is 1. The number of carbonyl (C=O) groups excluding carboxylic acids is 1. The molecule has 1 aromatic heterocycles. The van der Waals surface area contributed by atoms with Crippen LogP contribution in [0.1, 0.15) is 31.7 Å². The number of rotatable bonds is 7. The Morgan fingerprint density at radius 3 is 2.25 bits per heavy atom. The van der Waals surface area contributed by atoms with Crippen molar-refractivity contribution in [1.29, 1.82) is 0 Å². The van der Waals surface area contributed by atoms with E-state index in [0.717, 1.165) is 16.6 Å². The smallest absolute Gasteiger partial charge is 0.274 e. The van der Waals surface area contributed by atoms with Crippen LogP contribution in [0, 0.1) is 11.8 Å². The molecule has 0 radical (unpaired) electrons. The van der Waals surface area contributed by atoms with Crippen molar-refractivity contribution in [1.82, 2.24) is 9.78 Å². The Kier molecular flexibility index (Phi) is 5.27. The van der Waals surface area contributed by atoms with Gasteiger partial charge in [0.25, 0.3) is 11.5 Å². The van der Waals surface area contributed by atoms with Crippen LogP contribution in [-0.4, -0.2) is 22.2 Å². The molecule has 2 aliphatic carbocycles. The van der Waals surface area contributed by atoms with Gasteiger partial charge in [-0.05, 0) is 55.7 Å². The van der Waals surface area contributed by atoms with Gasteiger partial charge in [0.05, 0.1) is 17.1 Å². The van der Waals surface area contributed by atoms with E-state index in [4.69, 9.17) is 16.6 Å². The van der Waals surface area contributed by atoms with Gasteiger partial charge in [-0.2, -0.15) is 5.10 Å². The molecule has 2 fully saturated rings. The van der Waals surface area contributed by atoms with E-state index in [1.54, 1.807) is 4.68 Å². The first-order valence-corrected chi connectivity index (χ1v) is 11.1. The van der Waals surface area contributed by atoms with Crippen LogP contribution in [0.4, 0.5) is 5.69 Å². The topological polar surface area (TPSA) is 116 Å². The number of anilines is 1. The first-order chi connectivity index (χ1) is 15.6. The van der Waals surface area contributed by atoms with Gasteiger partial charge in [0.2, 0.25) is 0 Å². The highest BCUT2D eigenvalue weighted by Gasteiger charge is 2.44. The van der Waals surface area contributed by atoms with E-state index >= 15 is 0 Å². The van der Waals surface area contributed by atoms with Crippen LogP contribution in [0.15, 0.2) is 65.1 Å². The summed E-state index contributed by atoms with van der Waals surface area (Å²) in [6.45, 7) is 0.0705. The van der Waals surface area contributed by atoms with Crippen molar-refractivity contribution in [3.8, 4) is 11.3 Å². The molecule has 3 aromatic rings. The summed E-state index contributed by atoms with van der Waals surface area (Å²) in [5, 5.41) is 9.25. The van der Waals surface area contributed by atoms with Gasteiger partial charge in [-0.25, -0.2) is 4.68 Å². The van der Waals surface area contributed by atoms with Crippen LogP contribution in [-0.2, 0) is 4.79 Å². The van der Waals surface area contributed by atoms with E-state index in [1.807, 2.05) is 48.5 Å². The Morgan fingerprint density at radius 2 is 1.69 bits per heavy atom. The summed E-state index contributed by atoms with van der Waals surface area (Å²) in [6, 6.07) is 15.3. The highest BCUT2D eigenvalue weighted by atomic mass is 16.1. The molecular weight excluding hydrogens is 402 g/mol. The molecule has 32 heavy (non-hydrogen) atoms. The minimum atomic E-state index is -0.323. The van der Waals surface area contributed by atoms with Crippen LogP contribution >= 0.6 is 0 Å². The number of fused-ring (bicyclic) bond motifs is 1. The van der Waals surface area contributed by atoms with Gasteiger partial charge in [-0.3, -0.25) is 9.59 Å². The molecule has 164 valence electrons. The van der Waals surface area contributed by atoms with Crippen molar-refractivity contribution in [3.05, 3.63) is 70.7 Å². The van der Waals surface area contributed by atoms with Gasteiger partial charge in [-0.15, -0.1) is 0 Å². The summed E-state index contributed by atoms with van der Waals surface area (Å²) in [7, 11) is 0. The Bertz CT molecular complexity index is 1240. The van der Waals surface area contributed by atoms with Gasteiger partial charge in [-0.1, -0.05) is 30.3 Å². The summed E-state index contributed by atoms with van der Waals surface area (Å²) in [6.07, 6.45) is 5.92. The molecule has 7 heteroatoms. The lowest BCUT2D eigenvalue weighted by molar-refractivity contribution is -0.112. The molecule has 5 rings (SSSR count). The van der Waals surface area contributed by atoms with Crippen LogP contribution in [0.5, 0.6) is 0 Å². The third-order valence-corrected chi connectivity index (χ3v) is 6.45. The second-order valence-electron chi connectivity index (χ2n) is 8.74. The average Bonchev–Trinajstić information content (AvgIpc) is 3.73. The number of nitrogens with two attached hydrogens (primary N) is 2. The summed E-state index contributed by atoms with van der Waals surface area (Å²) in [5.74, 6) is 0.801. The summed E-state index contributed by atoms with van der Waals surface area (Å²) in [5.41, 5.74) is 13.6. The third-order valence-electron chi connectivity index (χ3n) is 6.45. The highest BCUT2D eigenvalue weighted by molar-refractivity contribution is 6.04. The van der Waals surface area contributed by atoms with Gasteiger partial charge >= 0.3 is 0 Å². The second-order valence-corrected chi connectivity index (χ2v) is 8.74. The van der Waals surface area contributed by atoms with Crippen molar-refractivity contribution < 1.29 is 4.79 Å². The largest absolute Gasteiger partial charge is 0.404 e. The van der Waals surface area contributed by atoms with Crippen LogP contribution in [0.3, 0.4) is 0 Å². The Morgan fingerprint density at radius 1 is 1.06 bits per heavy atom. The van der Waals surface area contributed by atoms with Crippen molar-refractivity contribution in [2.75, 3.05) is 11.9 Å². The van der Waals surface area contributed by atoms with Crippen molar-refractivity contribution in [2.45, 2.75) is 31.7 Å². The molecule has 0 spiro atoms. The maximum atomic E-state index is 13.3. The average molecular weight is 430 g/mol. The molecule has 7 nitrogen and oxygen atoms in total. The van der Waals surface area contributed by atoms with Crippen LogP contribution in [0.25, 0.3) is 22.0 Å². The van der Waals surface area contributed by atoms with Gasteiger partial charge < -0.3 is 16.8 Å². The highest BCUT2D eigenvalue weighted by Crippen LogP contribution is 2.51. The van der Waals surface area contributed by atoms with Gasteiger partial charge in [0, 0.05) is 35.0 Å². The summed E-state index contributed by atoms with van der Waals surface area (Å²) in [4.78, 5) is 25.6. The van der Waals surface area contributed by atoms with E-state index in [-0.39, 0.29) is 24.1 Å². The van der Waals surface area contributed by atoms with Crippen LogP contribution in [0.2, 0.25) is 0 Å². The molecule has 2 aliphatic rings. The summed E-state index contributed by atoms with van der Waals surface area (Å²) >= 11 is 0. The predicted octanol–water partition coefficient (Wildman–Crippen LogP) is 3.16. The second kappa shape index (κ2) is 8.24. The third kappa shape index (κ3) is 3.80.